The Labute approximate surface area is 100 Å². The van der Waals surface area contributed by atoms with Crippen molar-refractivity contribution in [2.45, 2.75) is 6.92 Å². The van der Waals surface area contributed by atoms with Crippen molar-refractivity contribution in [1.29, 1.82) is 0 Å². The van der Waals surface area contributed by atoms with E-state index in [1.807, 2.05) is 11.8 Å². The van der Waals surface area contributed by atoms with Crippen LogP contribution in [-0.4, -0.2) is 37.3 Å². The number of aliphatic hydroxyl groups is 1. The Hall–Kier alpha value is -1.62. The smallest absolute Gasteiger partial charge is 0.239 e. The molecule has 4 nitrogen and oxygen atoms in total. The van der Waals surface area contributed by atoms with Crippen LogP contribution in [0.4, 0.5) is 10.1 Å². The van der Waals surface area contributed by atoms with Crippen molar-refractivity contribution in [3.63, 3.8) is 0 Å². The molecule has 0 aliphatic heterocycles. The van der Waals surface area contributed by atoms with Crippen molar-refractivity contribution in [2.24, 2.45) is 0 Å². The Morgan fingerprint density at radius 3 is 2.59 bits per heavy atom. The van der Waals surface area contributed by atoms with Crippen molar-refractivity contribution in [3.8, 4) is 0 Å². The van der Waals surface area contributed by atoms with Crippen LogP contribution >= 0.6 is 0 Å². The second kappa shape index (κ2) is 6.85. The third-order valence-electron chi connectivity index (χ3n) is 2.34. The Bertz CT molecular complexity index is 354. The molecule has 1 amide bonds. The SMILES string of the molecule is CCN(CC(=O)NCCO)c1ccc(F)cc1. The molecular formula is C12H17FN2O2. The van der Waals surface area contributed by atoms with Crippen molar-refractivity contribution in [3.05, 3.63) is 30.1 Å². The van der Waals surface area contributed by atoms with Gasteiger partial charge in [-0.05, 0) is 31.2 Å². The van der Waals surface area contributed by atoms with Gasteiger partial charge in [-0.2, -0.15) is 0 Å². The summed E-state index contributed by atoms with van der Waals surface area (Å²) in [7, 11) is 0. The minimum atomic E-state index is -0.297. The summed E-state index contributed by atoms with van der Waals surface area (Å²) in [6.07, 6.45) is 0. The number of nitrogens with zero attached hydrogens (tertiary/aromatic N) is 1. The highest BCUT2D eigenvalue weighted by Gasteiger charge is 2.09. The van der Waals surface area contributed by atoms with Crippen LogP contribution in [0.3, 0.4) is 0 Å². The molecule has 0 spiro atoms. The predicted molar refractivity (Wildman–Crippen MR) is 64.4 cm³/mol. The average molecular weight is 240 g/mol. The molecule has 0 radical (unpaired) electrons. The maximum absolute atomic E-state index is 12.8. The maximum Gasteiger partial charge on any atom is 0.239 e. The van der Waals surface area contributed by atoms with E-state index in [-0.39, 0.29) is 31.4 Å². The van der Waals surface area contributed by atoms with Gasteiger partial charge in [0.25, 0.3) is 0 Å². The summed E-state index contributed by atoms with van der Waals surface area (Å²) in [5, 5.41) is 11.2. The molecule has 17 heavy (non-hydrogen) atoms. The highest BCUT2D eigenvalue weighted by atomic mass is 19.1. The van der Waals surface area contributed by atoms with E-state index < -0.39 is 0 Å². The molecule has 94 valence electrons. The molecule has 5 heteroatoms. The first kappa shape index (κ1) is 13.4. The van der Waals surface area contributed by atoms with Crippen molar-refractivity contribution < 1.29 is 14.3 Å². The van der Waals surface area contributed by atoms with Gasteiger partial charge in [0.05, 0.1) is 13.2 Å². The fraction of sp³-hybridized carbons (Fsp3) is 0.417. The zero-order valence-electron chi connectivity index (χ0n) is 9.82. The quantitative estimate of drug-likeness (QED) is 0.772. The number of halogens is 1. The van der Waals surface area contributed by atoms with Gasteiger partial charge < -0.3 is 15.3 Å². The first-order valence-electron chi connectivity index (χ1n) is 5.55. The van der Waals surface area contributed by atoms with E-state index in [1.54, 1.807) is 12.1 Å². The van der Waals surface area contributed by atoms with Gasteiger partial charge in [-0.3, -0.25) is 4.79 Å². The van der Waals surface area contributed by atoms with Crippen LogP contribution in [0.15, 0.2) is 24.3 Å². The zero-order chi connectivity index (χ0) is 12.7. The summed E-state index contributed by atoms with van der Waals surface area (Å²) in [5.41, 5.74) is 0.799. The Morgan fingerprint density at radius 1 is 1.41 bits per heavy atom. The number of anilines is 1. The molecule has 0 heterocycles. The summed E-state index contributed by atoms with van der Waals surface area (Å²) in [6, 6.07) is 6.00. The molecule has 0 unspecified atom stereocenters. The van der Waals surface area contributed by atoms with Crippen molar-refractivity contribution >= 4 is 11.6 Å². The van der Waals surface area contributed by atoms with Gasteiger partial charge >= 0.3 is 0 Å². The van der Waals surface area contributed by atoms with E-state index in [0.717, 1.165) is 5.69 Å². The Balaban J connectivity index is 2.59. The van der Waals surface area contributed by atoms with Crippen molar-refractivity contribution in [2.75, 3.05) is 31.1 Å². The second-order valence-corrected chi connectivity index (χ2v) is 3.56. The van der Waals surface area contributed by atoms with E-state index >= 15 is 0 Å². The van der Waals surface area contributed by atoms with Gasteiger partial charge in [0.2, 0.25) is 5.91 Å². The maximum atomic E-state index is 12.8. The fourth-order valence-corrected chi connectivity index (χ4v) is 1.46. The van der Waals surface area contributed by atoms with E-state index in [2.05, 4.69) is 5.32 Å². The number of carbonyl (C=O) groups excluding carboxylic acids is 1. The number of nitrogens with one attached hydrogen (secondary N) is 1. The number of likely N-dealkylation sites (N-methyl/N-ethyl adjacent to an activating group) is 1. The van der Waals surface area contributed by atoms with Crippen LogP contribution in [0.5, 0.6) is 0 Å². The lowest BCUT2D eigenvalue weighted by Crippen LogP contribution is -2.38. The van der Waals surface area contributed by atoms with Gasteiger partial charge in [-0.1, -0.05) is 0 Å². The lowest BCUT2D eigenvalue weighted by molar-refractivity contribution is -0.119. The van der Waals surface area contributed by atoms with E-state index in [9.17, 15) is 9.18 Å². The van der Waals surface area contributed by atoms with Crippen LogP contribution in [0, 0.1) is 5.82 Å². The zero-order valence-corrected chi connectivity index (χ0v) is 9.82. The van der Waals surface area contributed by atoms with Gasteiger partial charge in [-0.15, -0.1) is 0 Å². The van der Waals surface area contributed by atoms with E-state index in [1.165, 1.54) is 12.1 Å². The number of amides is 1. The fourth-order valence-electron chi connectivity index (χ4n) is 1.46. The van der Waals surface area contributed by atoms with Crippen LogP contribution in [-0.2, 0) is 4.79 Å². The topological polar surface area (TPSA) is 52.6 Å². The molecule has 0 aliphatic carbocycles. The summed E-state index contributed by atoms with van der Waals surface area (Å²) < 4.78 is 12.8. The molecule has 1 aromatic carbocycles. The molecule has 1 aromatic rings. The number of hydrogen-bond donors (Lipinski definition) is 2. The summed E-state index contributed by atoms with van der Waals surface area (Å²) in [4.78, 5) is 13.3. The lowest BCUT2D eigenvalue weighted by atomic mass is 10.2. The van der Waals surface area contributed by atoms with Gasteiger partial charge in [0, 0.05) is 18.8 Å². The standard InChI is InChI=1S/C12H17FN2O2/c1-2-15(9-12(17)14-7-8-16)11-5-3-10(13)4-6-11/h3-6,16H,2,7-9H2,1H3,(H,14,17). The molecule has 0 bridgehead atoms. The third kappa shape index (κ3) is 4.40. The van der Waals surface area contributed by atoms with Crippen molar-refractivity contribution in [1.82, 2.24) is 5.32 Å². The highest BCUT2D eigenvalue weighted by Crippen LogP contribution is 2.13. The van der Waals surface area contributed by atoms with Crippen LogP contribution < -0.4 is 10.2 Å². The number of benzene rings is 1. The molecule has 1 rings (SSSR count). The molecule has 0 saturated heterocycles. The normalized spacial score (nSPS) is 10.1. The van der Waals surface area contributed by atoms with Gasteiger partial charge in [0.1, 0.15) is 5.82 Å². The Kier molecular flexibility index (Phi) is 5.42. The average Bonchev–Trinajstić information content (AvgIpc) is 2.34. The molecule has 0 fully saturated rings. The number of rotatable bonds is 6. The molecule has 0 atom stereocenters. The summed E-state index contributed by atoms with van der Waals surface area (Å²) in [6.45, 7) is 2.94. The summed E-state index contributed by atoms with van der Waals surface area (Å²) >= 11 is 0. The van der Waals surface area contributed by atoms with Gasteiger partial charge in [0.15, 0.2) is 0 Å². The minimum Gasteiger partial charge on any atom is -0.395 e. The number of carbonyl (C=O) groups is 1. The molecule has 0 saturated carbocycles. The van der Waals surface area contributed by atoms with Crippen LogP contribution in [0.1, 0.15) is 6.92 Å². The molecular weight excluding hydrogens is 223 g/mol. The third-order valence-corrected chi connectivity index (χ3v) is 2.34. The first-order chi connectivity index (χ1) is 8.17. The lowest BCUT2D eigenvalue weighted by Gasteiger charge is -2.22. The van der Waals surface area contributed by atoms with Gasteiger partial charge in [-0.25, -0.2) is 4.39 Å². The van der Waals surface area contributed by atoms with E-state index in [4.69, 9.17) is 5.11 Å². The van der Waals surface area contributed by atoms with E-state index in [0.29, 0.717) is 6.54 Å². The molecule has 0 aromatic heterocycles. The number of aliphatic hydroxyl groups excluding tert-OH is 1. The molecule has 0 aliphatic rings. The van der Waals surface area contributed by atoms with Crippen LogP contribution in [0.25, 0.3) is 0 Å². The predicted octanol–water partition coefficient (Wildman–Crippen LogP) is 0.760. The Morgan fingerprint density at radius 2 is 2.06 bits per heavy atom. The largest absolute Gasteiger partial charge is 0.395 e. The highest BCUT2D eigenvalue weighted by molar-refractivity contribution is 5.81. The first-order valence-corrected chi connectivity index (χ1v) is 5.55. The monoisotopic (exact) mass is 240 g/mol. The second-order valence-electron chi connectivity index (χ2n) is 3.56. The number of hydrogen-bond acceptors (Lipinski definition) is 3. The van der Waals surface area contributed by atoms with Crippen LogP contribution in [0.2, 0.25) is 0 Å². The summed E-state index contributed by atoms with van der Waals surface area (Å²) in [5.74, 6) is -0.459. The molecule has 2 N–H and O–H groups in total. The minimum absolute atomic E-state index is 0.0750.